The molecule has 1 aromatic rings. The van der Waals surface area contributed by atoms with Crippen LogP contribution in [0.4, 0.5) is 4.79 Å². The predicted octanol–water partition coefficient (Wildman–Crippen LogP) is 2.96. The van der Waals surface area contributed by atoms with Gasteiger partial charge in [0.1, 0.15) is 5.75 Å². The Bertz CT molecular complexity index is 790. The van der Waals surface area contributed by atoms with Crippen LogP contribution in [-0.4, -0.2) is 60.5 Å². The number of urea groups is 1. The molecule has 158 valence electrons. The van der Waals surface area contributed by atoms with Crippen molar-refractivity contribution in [3.05, 3.63) is 29.3 Å². The first-order chi connectivity index (χ1) is 13.9. The number of carbonyl (C=O) groups is 2. The van der Waals surface area contributed by atoms with E-state index in [1.807, 2.05) is 30.9 Å². The maximum atomic E-state index is 12.5. The molecule has 0 aromatic heterocycles. The second-order valence-electron chi connectivity index (χ2n) is 8.26. The second kappa shape index (κ2) is 9.29. The largest absolute Gasteiger partial charge is 0.497 e. The number of fused-ring (bicyclic) bond motifs is 1. The molecule has 3 rings (SSSR count). The third-order valence-corrected chi connectivity index (χ3v) is 5.79. The molecule has 0 spiro atoms. The fourth-order valence-corrected chi connectivity index (χ4v) is 4.33. The number of carboxylic acid groups (broad SMARTS) is 1. The Kier molecular flexibility index (Phi) is 6.77. The number of aliphatic carboxylic acids is 1. The number of nitrogens with zero attached hydrogens (tertiary/aromatic N) is 2. The first kappa shape index (κ1) is 21.1. The highest BCUT2D eigenvalue weighted by Crippen LogP contribution is 2.32. The van der Waals surface area contributed by atoms with E-state index in [0.29, 0.717) is 25.9 Å². The summed E-state index contributed by atoms with van der Waals surface area (Å²) in [5, 5.41) is 12.3. The van der Waals surface area contributed by atoms with E-state index in [2.05, 4.69) is 11.4 Å². The van der Waals surface area contributed by atoms with Gasteiger partial charge in [-0.2, -0.15) is 0 Å². The molecule has 1 aromatic carbocycles. The van der Waals surface area contributed by atoms with Crippen molar-refractivity contribution in [2.24, 2.45) is 16.8 Å². The number of carbonyl (C=O) groups excluding carboxylic acids is 1. The third-order valence-electron chi connectivity index (χ3n) is 5.79. The van der Waals surface area contributed by atoms with Crippen molar-refractivity contribution in [2.45, 2.75) is 45.6 Å². The van der Waals surface area contributed by atoms with Crippen molar-refractivity contribution in [3.63, 3.8) is 0 Å². The summed E-state index contributed by atoms with van der Waals surface area (Å²) in [5.74, 6) is 0.172. The molecule has 0 radical (unpaired) electrons. The summed E-state index contributed by atoms with van der Waals surface area (Å²) < 4.78 is 5.34. The normalized spacial score (nSPS) is 21.4. The average molecular weight is 402 g/mol. The number of benzene rings is 1. The minimum atomic E-state index is -0.782. The Morgan fingerprint density at radius 1 is 1.34 bits per heavy atom. The van der Waals surface area contributed by atoms with E-state index < -0.39 is 5.97 Å². The van der Waals surface area contributed by atoms with Crippen LogP contribution in [0.2, 0.25) is 0 Å². The van der Waals surface area contributed by atoms with Gasteiger partial charge in [-0.25, -0.2) is 4.79 Å². The van der Waals surface area contributed by atoms with Gasteiger partial charge >= 0.3 is 12.0 Å². The molecule has 2 amide bonds. The summed E-state index contributed by atoms with van der Waals surface area (Å²) in [7, 11) is 1.66. The van der Waals surface area contributed by atoms with E-state index >= 15 is 0 Å². The lowest BCUT2D eigenvalue weighted by Gasteiger charge is -2.39. The van der Waals surface area contributed by atoms with Crippen LogP contribution in [0.3, 0.4) is 0 Å². The number of hydrogen-bond donors (Lipinski definition) is 2. The lowest BCUT2D eigenvalue weighted by atomic mass is 9.78. The number of aliphatic imine (C=N–C) groups is 1. The van der Waals surface area contributed by atoms with Crippen LogP contribution in [0.5, 0.6) is 5.75 Å². The van der Waals surface area contributed by atoms with Crippen LogP contribution < -0.4 is 10.1 Å². The van der Waals surface area contributed by atoms with Gasteiger partial charge < -0.3 is 20.1 Å². The zero-order valence-corrected chi connectivity index (χ0v) is 17.5. The summed E-state index contributed by atoms with van der Waals surface area (Å²) in [4.78, 5) is 30.5. The topological polar surface area (TPSA) is 91.2 Å². The molecule has 1 fully saturated rings. The average Bonchev–Trinajstić information content (AvgIpc) is 2.68. The van der Waals surface area contributed by atoms with Gasteiger partial charge in [0.25, 0.3) is 0 Å². The lowest BCUT2D eigenvalue weighted by molar-refractivity contribution is -0.138. The highest BCUT2D eigenvalue weighted by atomic mass is 16.5. The van der Waals surface area contributed by atoms with Gasteiger partial charge in [-0.15, -0.1) is 0 Å². The van der Waals surface area contributed by atoms with Crippen LogP contribution in [0.25, 0.3) is 0 Å². The van der Waals surface area contributed by atoms with E-state index in [1.54, 1.807) is 7.11 Å². The van der Waals surface area contributed by atoms with E-state index in [9.17, 15) is 14.7 Å². The number of amides is 2. The Hall–Kier alpha value is -2.57. The Labute approximate surface area is 172 Å². The van der Waals surface area contributed by atoms with Gasteiger partial charge in [0.2, 0.25) is 0 Å². The number of piperidine rings is 1. The molecule has 29 heavy (non-hydrogen) atoms. The van der Waals surface area contributed by atoms with Crippen molar-refractivity contribution < 1.29 is 19.4 Å². The van der Waals surface area contributed by atoms with Crippen LogP contribution in [0, 0.1) is 11.8 Å². The number of nitrogens with one attached hydrogen (secondary N) is 1. The van der Waals surface area contributed by atoms with Crippen molar-refractivity contribution in [3.8, 4) is 5.75 Å². The molecule has 2 unspecified atom stereocenters. The molecule has 7 nitrogen and oxygen atoms in total. The summed E-state index contributed by atoms with van der Waals surface area (Å²) >= 11 is 0. The van der Waals surface area contributed by atoms with Gasteiger partial charge in [0.15, 0.2) is 0 Å². The van der Waals surface area contributed by atoms with Crippen LogP contribution in [0.15, 0.2) is 23.2 Å². The SMILES string of the molecule is COc1ccc2c(c1)CCN=C2CC1CN(C(=O)NC(C)C)CCC1CC(=O)O. The molecule has 2 aliphatic heterocycles. The molecule has 0 saturated carbocycles. The smallest absolute Gasteiger partial charge is 0.317 e. The lowest BCUT2D eigenvalue weighted by Crippen LogP contribution is -2.50. The van der Waals surface area contributed by atoms with E-state index in [1.165, 1.54) is 5.56 Å². The monoisotopic (exact) mass is 401 g/mol. The quantitative estimate of drug-likeness (QED) is 0.767. The van der Waals surface area contributed by atoms with Gasteiger partial charge in [0, 0.05) is 37.8 Å². The highest BCUT2D eigenvalue weighted by molar-refractivity contribution is 6.03. The number of likely N-dealkylation sites (tertiary alicyclic amines) is 1. The highest BCUT2D eigenvalue weighted by Gasteiger charge is 2.34. The zero-order chi connectivity index (χ0) is 21.0. The first-order valence-electron chi connectivity index (χ1n) is 10.3. The number of carboxylic acids is 1. The predicted molar refractivity (Wildman–Crippen MR) is 112 cm³/mol. The molecule has 0 aliphatic carbocycles. The van der Waals surface area contributed by atoms with Gasteiger partial charge in [-0.05, 0) is 74.3 Å². The van der Waals surface area contributed by atoms with Crippen molar-refractivity contribution in [2.75, 3.05) is 26.7 Å². The molecule has 1 saturated heterocycles. The van der Waals surface area contributed by atoms with Crippen LogP contribution >= 0.6 is 0 Å². The van der Waals surface area contributed by atoms with Crippen molar-refractivity contribution in [1.82, 2.24) is 10.2 Å². The fourth-order valence-electron chi connectivity index (χ4n) is 4.33. The minimum Gasteiger partial charge on any atom is -0.497 e. The van der Waals surface area contributed by atoms with Gasteiger partial charge in [-0.1, -0.05) is 0 Å². The number of ether oxygens (including phenoxy) is 1. The van der Waals surface area contributed by atoms with Crippen LogP contribution in [0.1, 0.15) is 44.2 Å². The summed E-state index contributed by atoms with van der Waals surface area (Å²) in [6, 6.07) is 6.04. The molecular weight excluding hydrogens is 370 g/mol. The second-order valence-corrected chi connectivity index (χ2v) is 8.26. The number of hydrogen-bond acceptors (Lipinski definition) is 4. The number of methoxy groups -OCH3 is 1. The summed E-state index contributed by atoms with van der Waals surface area (Å²) in [5.41, 5.74) is 3.35. The van der Waals surface area contributed by atoms with E-state index in [-0.39, 0.29) is 30.3 Å². The van der Waals surface area contributed by atoms with Crippen molar-refractivity contribution >= 4 is 17.7 Å². The zero-order valence-electron chi connectivity index (χ0n) is 17.5. The first-order valence-corrected chi connectivity index (χ1v) is 10.3. The molecular formula is C22H31N3O4. The standard InChI is InChI=1S/C22H31N3O4/c1-14(2)24-22(28)25-9-7-15(12-21(26)27)17(13-25)11-20-19-5-4-18(29-3)10-16(19)6-8-23-20/h4-5,10,14-15,17H,6-9,11-13H2,1-3H3,(H,24,28)(H,26,27). The van der Waals surface area contributed by atoms with Crippen LogP contribution in [-0.2, 0) is 11.2 Å². The Balaban J connectivity index is 1.78. The van der Waals surface area contributed by atoms with E-state index in [0.717, 1.165) is 30.0 Å². The minimum absolute atomic E-state index is 0.0434. The van der Waals surface area contributed by atoms with Gasteiger partial charge in [-0.3, -0.25) is 9.79 Å². The molecule has 2 N–H and O–H groups in total. The number of rotatable bonds is 6. The van der Waals surface area contributed by atoms with E-state index in [4.69, 9.17) is 9.73 Å². The fraction of sp³-hybridized carbons (Fsp3) is 0.591. The molecule has 7 heteroatoms. The van der Waals surface area contributed by atoms with Crippen molar-refractivity contribution in [1.29, 1.82) is 0 Å². The maximum absolute atomic E-state index is 12.5. The molecule has 2 aliphatic rings. The maximum Gasteiger partial charge on any atom is 0.317 e. The van der Waals surface area contributed by atoms with Gasteiger partial charge in [0.05, 0.1) is 7.11 Å². The summed E-state index contributed by atoms with van der Waals surface area (Å²) in [6.07, 6.45) is 2.39. The molecule has 0 bridgehead atoms. The molecule has 2 heterocycles. The third kappa shape index (κ3) is 5.28. The summed E-state index contributed by atoms with van der Waals surface area (Å²) in [6.45, 7) is 5.75. The molecule has 2 atom stereocenters. The Morgan fingerprint density at radius 3 is 2.83 bits per heavy atom. The Morgan fingerprint density at radius 2 is 2.14 bits per heavy atom.